The van der Waals surface area contributed by atoms with Crippen LogP contribution in [0, 0.1) is 0 Å². The molecular formula is C11H21F3N2O. The van der Waals surface area contributed by atoms with E-state index >= 15 is 0 Å². The summed E-state index contributed by atoms with van der Waals surface area (Å²) >= 11 is 0. The molecule has 102 valence electrons. The third kappa shape index (κ3) is 5.23. The zero-order valence-electron chi connectivity index (χ0n) is 10.3. The first kappa shape index (κ1) is 14.7. The standard InChI is InChI=1S/C11H21F3N2O/c1-8(5-10(2,15)7-17)16(9-3-4-9)6-11(12,13)14/h8-9,17H,3-7,15H2,1-2H3. The second-order valence-corrected chi connectivity index (χ2v) is 5.38. The Morgan fingerprint density at radius 2 is 1.94 bits per heavy atom. The molecule has 1 aliphatic rings. The zero-order valence-corrected chi connectivity index (χ0v) is 10.3. The van der Waals surface area contributed by atoms with Gasteiger partial charge < -0.3 is 10.8 Å². The molecule has 0 saturated heterocycles. The van der Waals surface area contributed by atoms with E-state index in [2.05, 4.69) is 0 Å². The zero-order chi connectivity index (χ0) is 13.3. The van der Waals surface area contributed by atoms with E-state index in [1.165, 1.54) is 4.90 Å². The van der Waals surface area contributed by atoms with Gasteiger partial charge in [0.25, 0.3) is 0 Å². The van der Waals surface area contributed by atoms with Crippen molar-refractivity contribution in [3.8, 4) is 0 Å². The van der Waals surface area contributed by atoms with Gasteiger partial charge in [0.1, 0.15) is 0 Å². The van der Waals surface area contributed by atoms with E-state index in [-0.39, 0.29) is 18.7 Å². The first-order valence-electron chi connectivity index (χ1n) is 5.87. The van der Waals surface area contributed by atoms with E-state index < -0.39 is 18.3 Å². The maximum absolute atomic E-state index is 12.4. The lowest BCUT2D eigenvalue weighted by Crippen LogP contribution is -2.49. The highest BCUT2D eigenvalue weighted by Gasteiger charge is 2.41. The molecule has 0 amide bonds. The third-order valence-corrected chi connectivity index (χ3v) is 3.07. The fourth-order valence-corrected chi connectivity index (χ4v) is 2.11. The fourth-order valence-electron chi connectivity index (χ4n) is 2.11. The monoisotopic (exact) mass is 254 g/mol. The fraction of sp³-hybridized carbons (Fsp3) is 1.00. The van der Waals surface area contributed by atoms with Crippen LogP contribution in [0.4, 0.5) is 13.2 Å². The molecule has 1 rings (SSSR count). The minimum Gasteiger partial charge on any atom is -0.394 e. The summed E-state index contributed by atoms with van der Waals surface area (Å²) in [4.78, 5) is 1.46. The van der Waals surface area contributed by atoms with Crippen LogP contribution in [0.1, 0.15) is 33.1 Å². The normalized spacial score (nSPS) is 22.6. The summed E-state index contributed by atoms with van der Waals surface area (Å²) in [6, 6.07) is -0.243. The molecule has 1 aliphatic carbocycles. The van der Waals surface area contributed by atoms with Gasteiger partial charge in [0.2, 0.25) is 0 Å². The van der Waals surface area contributed by atoms with Crippen molar-refractivity contribution in [2.45, 2.75) is 56.9 Å². The van der Waals surface area contributed by atoms with E-state index in [9.17, 15) is 13.2 Å². The summed E-state index contributed by atoms with van der Waals surface area (Å²) in [5, 5.41) is 9.05. The van der Waals surface area contributed by atoms with Crippen molar-refractivity contribution >= 4 is 0 Å². The van der Waals surface area contributed by atoms with Gasteiger partial charge in [-0.05, 0) is 33.1 Å². The number of alkyl halides is 3. The highest BCUT2D eigenvalue weighted by Crippen LogP contribution is 2.33. The molecule has 2 atom stereocenters. The first-order chi connectivity index (χ1) is 7.64. The minimum absolute atomic E-state index is 0.0288. The Labute approximate surface area is 99.8 Å². The number of aliphatic hydroxyl groups is 1. The van der Waals surface area contributed by atoms with Crippen LogP contribution in [-0.2, 0) is 0 Å². The molecule has 1 fully saturated rings. The second-order valence-electron chi connectivity index (χ2n) is 5.38. The van der Waals surface area contributed by atoms with Gasteiger partial charge in [-0.2, -0.15) is 13.2 Å². The number of rotatable bonds is 6. The lowest BCUT2D eigenvalue weighted by molar-refractivity contribution is -0.152. The van der Waals surface area contributed by atoms with Crippen LogP contribution in [0.2, 0.25) is 0 Å². The van der Waals surface area contributed by atoms with Crippen LogP contribution in [-0.4, -0.2) is 47.0 Å². The number of nitrogens with zero attached hydrogens (tertiary/aromatic N) is 1. The number of hydrogen-bond acceptors (Lipinski definition) is 3. The summed E-state index contributed by atoms with van der Waals surface area (Å²) < 4.78 is 37.3. The van der Waals surface area contributed by atoms with Gasteiger partial charge in [-0.15, -0.1) is 0 Å². The predicted octanol–water partition coefficient (Wildman–Crippen LogP) is 1.50. The quantitative estimate of drug-likeness (QED) is 0.755. The summed E-state index contributed by atoms with van der Waals surface area (Å²) in [7, 11) is 0. The lowest BCUT2D eigenvalue weighted by Gasteiger charge is -2.34. The predicted molar refractivity (Wildman–Crippen MR) is 59.5 cm³/mol. The molecule has 0 spiro atoms. The Bertz CT molecular complexity index is 252. The molecule has 0 aromatic carbocycles. The molecule has 1 saturated carbocycles. The van der Waals surface area contributed by atoms with Crippen LogP contribution in [0.3, 0.4) is 0 Å². The Kier molecular flexibility index (Phi) is 4.43. The Morgan fingerprint density at radius 3 is 2.29 bits per heavy atom. The molecule has 3 N–H and O–H groups in total. The lowest BCUT2D eigenvalue weighted by atomic mass is 9.95. The van der Waals surface area contributed by atoms with Gasteiger partial charge in [-0.25, -0.2) is 0 Å². The second kappa shape index (κ2) is 5.12. The van der Waals surface area contributed by atoms with E-state index in [4.69, 9.17) is 10.8 Å². The van der Waals surface area contributed by atoms with Crippen molar-refractivity contribution < 1.29 is 18.3 Å². The van der Waals surface area contributed by atoms with Crippen molar-refractivity contribution in [3.05, 3.63) is 0 Å². The van der Waals surface area contributed by atoms with Gasteiger partial charge in [-0.1, -0.05) is 0 Å². The molecule has 2 unspecified atom stereocenters. The van der Waals surface area contributed by atoms with Gasteiger partial charge in [-0.3, -0.25) is 4.90 Å². The molecule has 0 aliphatic heterocycles. The van der Waals surface area contributed by atoms with Crippen molar-refractivity contribution in [1.82, 2.24) is 4.90 Å². The average molecular weight is 254 g/mol. The molecule has 17 heavy (non-hydrogen) atoms. The van der Waals surface area contributed by atoms with Crippen molar-refractivity contribution in [1.29, 1.82) is 0 Å². The molecule has 3 nitrogen and oxygen atoms in total. The maximum Gasteiger partial charge on any atom is 0.401 e. The number of halogens is 3. The summed E-state index contributed by atoms with van der Waals surface area (Å²) in [5.74, 6) is 0. The summed E-state index contributed by atoms with van der Waals surface area (Å²) in [6.07, 6.45) is -2.18. The van der Waals surface area contributed by atoms with Crippen LogP contribution < -0.4 is 5.73 Å². The van der Waals surface area contributed by atoms with E-state index in [1.54, 1.807) is 13.8 Å². The molecule has 0 aromatic rings. The summed E-state index contributed by atoms with van der Waals surface area (Å²) in [6.45, 7) is 2.29. The number of hydrogen-bond donors (Lipinski definition) is 2. The summed E-state index contributed by atoms with van der Waals surface area (Å²) in [5.41, 5.74) is 4.96. The van der Waals surface area contributed by atoms with Crippen LogP contribution in [0.5, 0.6) is 0 Å². The van der Waals surface area contributed by atoms with Crippen molar-refractivity contribution in [2.24, 2.45) is 5.73 Å². The van der Waals surface area contributed by atoms with Gasteiger partial charge in [0.05, 0.1) is 13.2 Å². The largest absolute Gasteiger partial charge is 0.401 e. The number of aliphatic hydroxyl groups excluding tert-OH is 1. The van der Waals surface area contributed by atoms with Crippen molar-refractivity contribution in [3.63, 3.8) is 0 Å². The maximum atomic E-state index is 12.4. The third-order valence-electron chi connectivity index (χ3n) is 3.07. The van der Waals surface area contributed by atoms with Gasteiger partial charge in [0.15, 0.2) is 0 Å². The molecule has 0 radical (unpaired) electrons. The van der Waals surface area contributed by atoms with Crippen LogP contribution in [0.15, 0.2) is 0 Å². The Balaban J connectivity index is 2.58. The Morgan fingerprint density at radius 1 is 1.41 bits per heavy atom. The highest BCUT2D eigenvalue weighted by molar-refractivity contribution is 4.92. The van der Waals surface area contributed by atoms with E-state index in [0.717, 1.165) is 12.8 Å². The van der Waals surface area contributed by atoms with E-state index in [1.807, 2.05) is 0 Å². The van der Waals surface area contributed by atoms with Gasteiger partial charge >= 0.3 is 6.18 Å². The number of nitrogens with two attached hydrogens (primary N) is 1. The Hall–Kier alpha value is -0.330. The molecule has 6 heteroatoms. The van der Waals surface area contributed by atoms with Crippen LogP contribution >= 0.6 is 0 Å². The molecule has 0 bridgehead atoms. The SMILES string of the molecule is CC(CC(C)(N)CO)N(CC(F)(F)F)C1CC1. The molecule has 0 aromatic heterocycles. The van der Waals surface area contributed by atoms with Crippen molar-refractivity contribution in [2.75, 3.05) is 13.2 Å². The average Bonchev–Trinajstić information content (AvgIpc) is 2.95. The highest BCUT2D eigenvalue weighted by atomic mass is 19.4. The first-order valence-corrected chi connectivity index (χ1v) is 5.87. The smallest absolute Gasteiger partial charge is 0.394 e. The topological polar surface area (TPSA) is 49.5 Å². The molecule has 0 heterocycles. The van der Waals surface area contributed by atoms with E-state index in [0.29, 0.717) is 6.42 Å². The van der Waals surface area contributed by atoms with Crippen LogP contribution in [0.25, 0.3) is 0 Å². The van der Waals surface area contributed by atoms with Gasteiger partial charge in [0, 0.05) is 17.6 Å². The molecular weight excluding hydrogens is 233 g/mol. The minimum atomic E-state index is -4.18.